The van der Waals surface area contributed by atoms with Crippen LogP contribution in [0, 0.1) is 0 Å². The monoisotopic (exact) mass is 303 g/mol. The molecule has 0 amide bonds. The minimum Gasteiger partial charge on any atom is -0.511 e. The van der Waals surface area contributed by atoms with Crippen molar-refractivity contribution in [3.05, 3.63) is 33.5 Å². The van der Waals surface area contributed by atoms with Gasteiger partial charge >= 0.3 is 0 Å². The molecule has 6 nitrogen and oxygen atoms in total. The highest BCUT2D eigenvalue weighted by molar-refractivity contribution is 5.76. The second-order valence-corrected chi connectivity index (χ2v) is 5.48. The zero-order valence-corrected chi connectivity index (χ0v) is 13.0. The summed E-state index contributed by atoms with van der Waals surface area (Å²) in [6, 6.07) is 1.51. The van der Waals surface area contributed by atoms with Crippen molar-refractivity contribution in [2.75, 3.05) is 0 Å². The van der Waals surface area contributed by atoms with E-state index in [1.54, 1.807) is 4.52 Å². The number of Topliss-reactive ketones (excluding diaryl/α,β-unsaturated/α-hetero) is 1. The van der Waals surface area contributed by atoms with Gasteiger partial charge in [-0.2, -0.15) is 5.10 Å². The lowest BCUT2D eigenvalue weighted by atomic mass is 10.1. The minimum absolute atomic E-state index is 0.0346. The van der Waals surface area contributed by atoms with Crippen molar-refractivity contribution in [1.29, 1.82) is 0 Å². The van der Waals surface area contributed by atoms with E-state index < -0.39 is 0 Å². The fraction of sp³-hybridized carbons (Fsp3) is 0.500. The number of fused-ring (bicyclic) bond motifs is 1. The topological polar surface area (TPSA) is 84.6 Å². The van der Waals surface area contributed by atoms with E-state index in [2.05, 4.69) is 17.0 Å². The van der Waals surface area contributed by atoms with Crippen LogP contribution in [-0.4, -0.2) is 25.5 Å². The largest absolute Gasteiger partial charge is 0.511 e. The molecule has 0 fully saturated rings. The maximum Gasteiger partial charge on any atom is 0.194 e. The first-order valence-electron chi connectivity index (χ1n) is 7.61. The van der Waals surface area contributed by atoms with E-state index in [1.807, 2.05) is 0 Å². The number of rotatable bonds is 7. The van der Waals surface area contributed by atoms with Crippen molar-refractivity contribution in [2.45, 2.75) is 52.4 Å². The van der Waals surface area contributed by atoms with E-state index in [0.717, 1.165) is 31.4 Å². The third-order valence-corrected chi connectivity index (χ3v) is 3.63. The molecule has 2 aromatic heterocycles. The van der Waals surface area contributed by atoms with Gasteiger partial charge in [0.1, 0.15) is 23.1 Å². The molecule has 0 spiro atoms. The molecule has 0 bridgehead atoms. The van der Waals surface area contributed by atoms with Gasteiger partial charge in [-0.25, -0.2) is 9.50 Å². The van der Waals surface area contributed by atoms with Crippen LogP contribution in [-0.2, 0) is 11.2 Å². The highest BCUT2D eigenvalue weighted by Gasteiger charge is 2.12. The first-order chi connectivity index (χ1) is 10.5. The van der Waals surface area contributed by atoms with Crippen LogP contribution in [0.25, 0.3) is 11.4 Å². The average molecular weight is 303 g/mol. The number of carbonyl (C=O) groups excluding carboxylic acids is 1. The zero-order chi connectivity index (χ0) is 16.1. The van der Waals surface area contributed by atoms with Crippen molar-refractivity contribution in [3.8, 4) is 0 Å². The Morgan fingerprint density at radius 2 is 2.09 bits per heavy atom. The van der Waals surface area contributed by atoms with E-state index >= 15 is 0 Å². The second kappa shape index (κ2) is 7.15. The molecule has 0 radical (unpaired) electrons. The highest BCUT2D eigenvalue weighted by atomic mass is 16.3. The van der Waals surface area contributed by atoms with Crippen LogP contribution in [0.15, 0.2) is 17.2 Å². The summed E-state index contributed by atoms with van der Waals surface area (Å²) < 4.78 is 1.61. The second-order valence-electron chi connectivity index (χ2n) is 5.48. The predicted molar refractivity (Wildman–Crippen MR) is 83.7 cm³/mol. The van der Waals surface area contributed by atoms with Crippen LogP contribution in [0.4, 0.5) is 0 Å². The van der Waals surface area contributed by atoms with Gasteiger partial charge in [0.05, 0.1) is 0 Å². The summed E-state index contributed by atoms with van der Waals surface area (Å²) >= 11 is 0. The lowest BCUT2D eigenvalue weighted by molar-refractivity contribution is -0.116. The Morgan fingerprint density at radius 1 is 1.32 bits per heavy atom. The fourth-order valence-electron chi connectivity index (χ4n) is 2.44. The van der Waals surface area contributed by atoms with E-state index in [0.29, 0.717) is 5.65 Å². The van der Waals surface area contributed by atoms with E-state index in [4.69, 9.17) is 0 Å². The van der Waals surface area contributed by atoms with Gasteiger partial charge in [-0.1, -0.05) is 19.8 Å². The third-order valence-electron chi connectivity index (χ3n) is 3.63. The van der Waals surface area contributed by atoms with Gasteiger partial charge in [0, 0.05) is 24.6 Å². The Kier molecular flexibility index (Phi) is 5.25. The van der Waals surface area contributed by atoms with E-state index in [1.165, 1.54) is 19.3 Å². The lowest BCUT2D eigenvalue weighted by Gasteiger charge is -2.05. The van der Waals surface area contributed by atoms with Crippen molar-refractivity contribution in [2.24, 2.45) is 0 Å². The molecule has 22 heavy (non-hydrogen) atoms. The Hall–Kier alpha value is -2.24. The number of aliphatic hydroxyl groups is 1. The zero-order valence-electron chi connectivity index (χ0n) is 13.0. The molecular formula is C16H21N3O3. The Bertz CT molecular complexity index is 780. The molecule has 118 valence electrons. The van der Waals surface area contributed by atoms with Gasteiger partial charge in [-0.3, -0.25) is 4.79 Å². The molecule has 0 aliphatic rings. The molecule has 2 aromatic rings. The van der Waals surface area contributed by atoms with Crippen LogP contribution in [0.3, 0.4) is 0 Å². The minimum atomic E-state index is -0.270. The number of aryl methyl sites for hydroxylation is 1. The smallest absolute Gasteiger partial charge is 0.194 e. The van der Waals surface area contributed by atoms with Crippen molar-refractivity contribution < 1.29 is 9.90 Å². The lowest BCUT2D eigenvalue weighted by Crippen LogP contribution is -2.31. The van der Waals surface area contributed by atoms with E-state index in [9.17, 15) is 14.7 Å². The van der Waals surface area contributed by atoms with Gasteiger partial charge in [0.15, 0.2) is 11.1 Å². The molecular weight excluding hydrogens is 282 g/mol. The standard InChI is InChI=1S/C16H21N3O3/c1-3-4-5-6-12-9-14(22)15(13(21)8-7-11(2)20)16-17-10-18-19(12)16/h9-10,21H,3-8H2,1-2H3. The molecule has 1 N–H and O–H groups in total. The molecule has 0 aliphatic carbocycles. The van der Waals surface area contributed by atoms with Gasteiger partial charge in [0.2, 0.25) is 0 Å². The summed E-state index contributed by atoms with van der Waals surface area (Å²) in [7, 11) is 0. The Labute approximate surface area is 128 Å². The molecule has 0 aromatic carbocycles. The van der Waals surface area contributed by atoms with Crippen LogP contribution in [0.2, 0.25) is 0 Å². The molecule has 2 rings (SSSR count). The van der Waals surface area contributed by atoms with Crippen LogP contribution < -0.4 is 10.6 Å². The third kappa shape index (κ3) is 3.50. The predicted octanol–water partition coefficient (Wildman–Crippen LogP) is 1.58. The number of carbonyl (C=O) groups is 1. The average Bonchev–Trinajstić information content (AvgIpc) is 2.94. The van der Waals surface area contributed by atoms with Crippen molar-refractivity contribution in [3.63, 3.8) is 0 Å². The first kappa shape index (κ1) is 16.1. The summed E-state index contributed by atoms with van der Waals surface area (Å²) in [5.41, 5.74) is 0.891. The van der Waals surface area contributed by atoms with Gasteiger partial charge in [-0.15, -0.1) is 0 Å². The summed E-state index contributed by atoms with van der Waals surface area (Å²) in [5.74, 6) is -0.133. The van der Waals surface area contributed by atoms with Crippen LogP contribution in [0.5, 0.6) is 0 Å². The Morgan fingerprint density at radius 3 is 2.77 bits per heavy atom. The number of hydrogen-bond donors (Lipinski definition) is 1. The maximum absolute atomic E-state index is 12.3. The molecule has 0 saturated heterocycles. The normalized spacial score (nSPS) is 12.6. The number of hydrogen-bond acceptors (Lipinski definition) is 5. The Balaban J connectivity index is 2.49. The first-order valence-corrected chi connectivity index (χ1v) is 7.61. The number of unbranched alkanes of at least 4 members (excludes halogenated alkanes) is 2. The van der Waals surface area contributed by atoms with Gasteiger partial charge in [0.25, 0.3) is 0 Å². The number of aliphatic hydroxyl groups excluding tert-OH is 1. The van der Waals surface area contributed by atoms with Crippen LogP contribution in [0.1, 0.15) is 51.6 Å². The number of ketones is 1. The fourth-order valence-corrected chi connectivity index (χ4v) is 2.44. The molecule has 0 atom stereocenters. The summed E-state index contributed by atoms with van der Waals surface area (Å²) in [6.07, 6.45) is 5.62. The quantitative estimate of drug-likeness (QED) is 0.785. The molecule has 2 heterocycles. The van der Waals surface area contributed by atoms with Gasteiger partial charge in [-0.05, 0) is 19.8 Å². The van der Waals surface area contributed by atoms with Crippen LogP contribution >= 0.6 is 0 Å². The van der Waals surface area contributed by atoms with Crippen molar-refractivity contribution >= 4 is 17.2 Å². The SMILES string of the molecule is CCCCCc1cc(=O)c(=C(O)CCC(C)=O)c2ncnn12. The number of pyridine rings is 1. The van der Waals surface area contributed by atoms with Crippen molar-refractivity contribution in [1.82, 2.24) is 14.6 Å². The molecule has 0 aliphatic heterocycles. The summed E-state index contributed by atoms with van der Waals surface area (Å²) in [4.78, 5) is 27.5. The number of nitrogens with zero attached hydrogens (tertiary/aromatic N) is 3. The maximum atomic E-state index is 12.3. The van der Waals surface area contributed by atoms with Gasteiger partial charge < -0.3 is 9.90 Å². The molecule has 0 unspecified atom stereocenters. The molecule has 0 saturated carbocycles. The summed E-state index contributed by atoms with van der Waals surface area (Å²) in [5, 5.41) is 14.5. The highest BCUT2D eigenvalue weighted by Crippen LogP contribution is 2.06. The number of aromatic nitrogens is 3. The van der Waals surface area contributed by atoms with E-state index in [-0.39, 0.29) is 35.0 Å². The summed E-state index contributed by atoms with van der Waals surface area (Å²) in [6.45, 7) is 3.57. The molecule has 6 heteroatoms.